The van der Waals surface area contributed by atoms with Crippen molar-refractivity contribution in [3.8, 4) is 0 Å². The standard InChI is InChI=1S/C19H22N2O2S2/c1-13-15-7-11-25-16(15)6-9-21(13)18(22)14-4-2-8-20(12-14)19(23)17-5-3-10-24-17/h3,5,7,10-11,13-14H,2,4,6,8-9,12H2,1H3. The molecular formula is C19H22N2O2S2. The number of rotatable bonds is 2. The number of likely N-dealkylation sites (tertiary alicyclic amines) is 1. The van der Waals surface area contributed by atoms with Crippen molar-refractivity contribution >= 4 is 34.5 Å². The quantitative estimate of drug-likeness (QED) is 0.802. The largest absolute Gasteiger partial charge is 0.337 e. The van der Waals surface area contributed by atoms with Crippen LogP contribution in [0.5, 0.6) is 0 Å². The van der Waals surface area contributed by atoms with Crippen molar-refractivity contribution in [2.75, 3.05) is 19.6 Å². The second-order valence-electron chi connectivity index (χ2n) is 6.82. The van der Waals surface area contributed by atoms with Crippen LogP contribution >= 0.6 is 22.7 Å². The first-order chi connectivity index (χ1) is 12.1. The third-order valence-electron chi connectivity index (χ3n) is 5.35. The van der Waals surface area contributed by atoms with Crippen LogP contribution in [0.1, 0.15) is 45.9 Å². The Kier molecular flexibility index (Phi) is 4.65. The Morgan fingerprint density at radius 1 is 1.16 bits per heavy atom. The van der Waals surface area contributed by atoms with Crippen LogP contribution in [-0.2, 0) is 11.2 Å². The molecule has 2 aliphatic rings. The lowest BCUT2D eigenvalue weighted by Crippen LogP contribution is -2.48. The molecule has 4 heterocycles. The lowest BCUT2D eigenvalue weighted by Gasteiger charge is -2.39. The average molecular weight is 375 g/mol. The second-order valence-corrected chi connectivity index (χ2v) is 8.77. The minimum absolute atomic E-state index is 0.0688. The fourth-order valence-corrected chi connectivity index (χ4v) is 5.62. The molecule has 2 aromatic rings. The number of thiophene rings is 2. The van der Waals surface area contributed by atoms with E-state index < -0.39 is 0 Å². The molecule has 2 aliphatic heterocycles. The van der Waals surface area contributed by atoms with Gasteiger partial charge < -0.3 is 9.80 Å². The van der Waals surface area contributed by atoms with Gasteiger partial charge in [0.05, 0.1) is 16.8 Å². The number of piperidine rings is 1. The van der Waals surface area contributed by atoms with Crippen molar-refractivity contribution in [1.82, 2.24) is 9.80 Å². The Labute approximate surface area is 156 Å². The summed E-state index contributed by atoms with van der Waals surface area (Å²) in [6, 6.07) is 6.06. The summed E-state index contributed by atoms with van der Waals surface area (Å²) < 4.78 is 0. The van der Waals surface area contributed by atoms with Gasteiger partial charge in [-0.15, -0.1) is 22.7 Å². The molecule has 6 heteroatoms. The van der Waals surface area contributed by atoms with Gasteiger partial charge in [-0.1, -0.05) is 6.07 Å². The maximum atomic E-state index is 13.1. The molecule has 4 rings (SSSR count). The summed E-state index contributed by atoms with van der Waals surface area (Å²) in [4.78, 5) is 31.8. The molecule has 0 spiro atoms. The number of carbonyl (C=O) groups is 2. The van der Waals surface area contributed by atoms with Gasteiger partial charge in [0, 0.05) is 24.5 Å². The molecule has 0 aromatic carbocycles. The van der Waals surface area contributed by atoms with Crippen LogP contribution in [0.4, 0.5) is 0 Å². The van der Waals surface area contributed by atoms with Crippen molar-refractivity contribution in [2.45, 2.75) is 32.2 Å². The summed E-state index contributed by atoms with van der Waals surface area (Å²) in [6.07, 6.45) is 2.74. The van der Waals surface area contributed by atoms with Crippen LogP contribution in [0.25, 0.3) is 0 Å². The molecule has 4 nitrogen and oxygen atoms in total. The number of fused-ring (bicyclic) bond motifs is 1. The first-order valence-electron chi connectivity index (χ1n) is 8.84. The zero-order valence-corrected chi connectivity index (χ0v) is 15.9. The van der Waals surface area contributed by atoms with Crippen molar-refractivity contribution in [3.63, 3.8) is 0 Å². The summed E-state index contributed by atoms with van der Waals surface area (Å²) in [6.45, 7) is 4.23. The number of amides is 2. The van der Waals surface area contributed by atoms with E-state index in [0.29, 0.717) is 6.54 Å². The highest BCUT2D eigenvalue weighted by Gasteiger charge is 2.35. The molecule has 0 aliphatic carbocycles. The van der Waals surface area contributed by atoms with Crippen molar-refractivity contribution in [1.29, 1.82) is 0 Å². The molecule has 1 saturated heterocycles. The molecule has 132 valence electrons. The Balaban J connectivity index is 1.46. The van der Waals surface area contributed by atoms with E-state index in [1.54, 1.807) is 11.3 Å². The highest BCUT2D eigenvalue weighted by molar-refractivity contribution is 7.12. The Morgan fingerprint density at radius 2 is 2.04 bits per heavy atom. The molecule has 2 unspecified atom stereocenters. The van der Waals surface area contributed by atoms with Crippen LogP contribution in [-0.4, -0.2) is 41.2 Å². The third kappa shape index (κ3) is 3.13. The molecule has 0 radical (unpaired) electrons. The second kappa shape index (κ2) is 6.92. The summed E-state index contributed by atoms with van der Waals surface area (Å²) in [7, 11) is 0. The minimum Gasteiger partial charge on any atom is -0.337 e. The van der Waals surface area contributed by atoms with E-state index in [0.717, 1.165) is 37.2 Å². The average Bonchev–Trinajstić information content (AvgIpc) is 3.33. The van der Waals surface area contributed by atoms with E-state index in [-0.39, 0.29) is 23.8 Å². The highest BCUT2D eigenvalue weighted by Crippen LogP contribution is 2.34. The van der Waals surface area contributed by atoms with E-state index in [2.05, 4.69) is 18.4 Å². The maximum absolute atomic E-state index is 13.1. The van der Waals surface area contributed by atoms with Crippen LogP contribution in [0.3, 0.4) is 0 Å². The molecule has 1 fully saturated rings. The van der Waals surface area contributed by atoms with Crippen LogP contribution in [0.2, 0.25) is 0 Å². The molecule has 2 aromatic heterocycles. The Bertz CT molecular complexity index is 768. The normalized spacial score (nSPS) is 23.4. The van der Waals surface area contributed by atoms with Crippen molar-refractivity contribution < 1.29 is 9.59 Å². The van der Waals surface area contributed by atoms with E-state index in [1.807, 2.05) is 27.3 Å². The number of hydrogen-bond acceptors (Lipinski definition) is 4. The van der Waals surface area contributed by atoms with Crippen LogP contribution in [0, 0.1) is 5.92 Å². The van der Waals surface area contributed by atoms with Gasteiger partial charge in [0.25, 0.3) is 5.91 Å². The zero-order chi connectivity index (χ0) is 17.4. The van der Waals surface area contributed by atoms with E-state index >= 15 is 0 Å². The minimum atomic E-state index is -0.0692. The smallest absolute Gasteiger partial charge is 0.263 e. The van der Waals surface area contributed by atoms with Crippen molar-refractivity contribution in [2.24, 2.45) is 5.92 Å². The summed E-state index contributed by atoms with van der Waals surface area (Å²) >= 11 is 3.26. The van der Waals surface area contributed by atoms with Gasteiger partial charge in [-0.3, -0.25) is 9.59 Å². The molecule has 0 N–H and O–H groups in total. The summed E-state index contributed by atoms with van der Waals surface area (Å²) in [5, 5.41) is 4.05. The van der Waals surface area contributed by atoms with Gasteiger partial charge >= 0.3 is 0 Å². The van der Waals surface area contributed by atoms with E-state index in [1.165, 1.54) is 21.8 Å². The van der Waals surface area contributed by atoms with Crippen LogP contribution < -0.4 is 0 Å². The molecular weight excluding hydrogens is 352 g/mol. The van der Waals surface area contributed by atoms with Gasteiger partial charge in [-0.25, -0.2) is 0 Å². The summed E-state index contributed by atoms with van der Waals surface area (Å²) in [5.41, 5.74) is 1.30. The monoisotopic (exact) mass is 374 g/mol. The van der Waals surface area contributed by atoms with Gasteiger partial charge in [0.15, 0.2) is 0 Å². The highest BCUT2D eigenvalue weighted by atomic mass is 32.1. The van der Waals surface area contributed by atoms with Gasteiger partial charge in [-0.2, -0.15) is 0 Å². The number of nitrogens with zero attached hydrogens (tertiary/aromatic N) is 2. The zero-order valence-electron chi connectivity index (χ0n) is 14.3. The fourth-order valence-electron chi connectivity index (χ4n) is 3.96. The molecule has 0 saturated carbocycles. The molecule has 0 bridgehead atoms. The predicted molar refractivity (Wildman–Crippen MR) is 101 cm³/mol. The van der Waals surface area contributed by atoms with E-state index in [4.69, 9.17) is 0 Å². The Morgan fingerprint density at radius 3 is 2.84 bits per heavy atom. The summed E-state index contributed by atoms with van der Waals surface area (Å²) in [5.74, 6) is 0.215. The van der Waals surface area contributed by atoms with E-state index in [9.17, 15) is 9.59 Å². The van der Waals surface area contributed by atoms with Crippen LogP contribution in [0.15, 0.2) is 29.0 Å². The fraction of sp³-hybridized carbons (Fsp3) is 0.474. The molecule has 25 heavy (non-hydrogen) atoms. The Hall–Kier alpha value is -1.66. The third-order valence-corrected chi connectivity index (χ3v) is 7.20. The molecule has 2 atom stereocenters. The predicted octanol–water partition coefficient (Wildman–Crippen LogP) is 3.81. The number of hydrogen-bond donors (Lipinski definition) is 0. The van der Waals surface area contributed by atoms with Crippen molar-refractivity contribution in [3.05, 3.63) is 44.3 Å². The SMILES string of the molecule is CC1c2ccsc2CCN1C(=O)C1CCCN(C(=O)c2cccs2)C1. The first-order valence-corrected chi connectivity index (χ1v) is 10.6. The van der Waals surface area contributed by atoms with Gasteiger partial charge in [-0.05, 0) is 54.6 Å². The lowest BCUT2D eigenvalue weighted by atomic mass is 9.93. The van der Waals surface area contributed by atoms with Gasteiger partial charge in [0.1, 0.15) is 0 Å². The van der Waals surface area contributed by atoms with Gasteiger partial charge in [0.2, 0.25) is 5.91 Å². The topological polar surface area (TPSA) is 40.6 Å². The first kappa shape index (κ1) is 16.8. The lowest BCUT2D eigenvalue weighted by molar-refractivity contribution is -0.139. The molecule has 2 amide bonds. The number of carbonyl (C=O) groups excluding carboxylic acids is 2. The maximum Gasteiger partial charge on any atom is 0.263 e.